The van der Waals surface area contributed by atoms with Crippen molar-refractivity contribution in [2.75, 3.05) is 6.61 Å². The highest BCUT2D eigenvalue weighted by atomic mass is 16.5. The number of ether oxygens (including phenoxy) is 1. The largest absolute Gasteiger partial charge is 0.466 e. The molecule has 0 unspecified atom stereocenters. The molecule has 0 spiro atoms. The third-order valence-electron chi connectivity index (χ3n) is 6.53. The molecule has 0 saturated heterocycles. The summed E-state index contributed by atoms with van der Waals surface area (Å²) in [5.41, 5.74) is 0. The molecular formula is C43H64O2. The van der Waals surface area contributed by atoms with Gasteiger partial charge < -0.3 is 4.74 Å². The van der Waals surface area contributed by atoms with Gasteiger partial charge in [0.2, 0.25) is 0 Å². The number of allylic oxidation sites excluding steroid dienone is 22. The zero-order valence-electron chi connectivity index (χ0n) is 28.7. The lowest BCUT2D eigenvalue weighted by Gasteiger charge is -2.03. The Morgan fingerprint density at radius 3 is 1.00 bits per heavy atom. The van der Waals surface area contributed by atoms with E-state index >= 15 is 0 Å². The van der Waals surface area contributed by atoms with Crippen LogP contribution in [0.25, 0.3) is 0 Å². The Kier molecular flexibility index (Phi) is 35.7. The van der Waals surface area contributed by atoms with Gasteiger partial charge in [-0.15, -0.1) is 0 Å². The van der Waals surface area contributed by atoms with Gasteiger partial charge in [-0.05, 0) is 103 Å². The first-order valence-electron chi connectivity index (χ1n) is 17.6. The average molecular weight is 613 g/mol. The Morgan fingerprint density at radius 2 is 0.667 bits per heavy atom. The molecule has 0 rings (SSSR count). The fourth-order valence-corrected chi connectivity index (χ4v) is 3.99. The van der Waals surface area contributed by atoms with Gasteiger partial charge in [0.25, 0.3) is 0 Å². The molecule has 0 aromatic carbocycles. The molecule has 0 saturated carbocycles. The van der Waals surface area contributed by atoms with Crippen LogP contribution in [0.4, 0.5) is 0 Å². The van der Waals surface area contributed by atoms with Gasteiger partial charge in [-0.2, -0.15) is 0 Å². The second-order valence-electron chi connectivity index (χ2n) is 10.7. The van der Waals surface area contributed by atoms with Gasteiger partial charge in [0, 0.05) is 6.42 Å². The molecule has 0 aliphatic rings. The van der Waals surface area contributed by atoms with Crippen LogP contribution in [0.5, 0.6) is 0 Å². The lowest BCUT2D eigenvalue weighted by atomic mass is 10.2. The Hall–Kier alpha value is -3.39. The van der Waals surface area contributed by atoms with Gasteiger partial charge in [0.1, 0.15) is 0 Å². The number of carbonyl (C=O) groups excluding carboxylic acids is 1. The first-order valence-corrected chi connectivity index (χ1v) is 17.6. The molecule has 248 valence electrons. The molecule has 0 N–H and O–H groups in total. The molecule has 2 heteroatoms. The number of hydrogen-bond donors (Lipinski definition) is 0. The van der Waals surface area contributed by atoms with Crippen molar-refractivity contribution in [2.45, 2.75) is 123 Å². The lowest BCUT2D eigenvalue weighted by molar-refractivity contribution is -0.143. The monoisotopic (exact) mass is 612 g/mol. The van der Waals surface area contributed by atoms with Crippen molar-refractivity contribution in [3.63, 3.8) is 0 Å². The van der Waals surface area contributed by atoms with E-state index in [4.69, 9.17) is 4.74 Å². The third-order valence-corrected chi connectivity index (χ3v) is 6.53. The van der Waals surface area contributed by atoms with Gasteiger partial charge in [0.05, 0.1) is 6.61 Å². The summed E-state index contributed by atoms with van der Waals surface area (Å²) < 4.78 is 5.37. The maximum atomic E-state index is 11.9. The van der Waals surface area contributed by atoms with E-state index in [1.807, 2.05) is 0 Å². The first kappa shape index (κ1) is 41.6. The highest BCUT2D eigenvalue weighted by molar-refractivity contribution is 5.69. The second-order valence-corrected chi connectivity index (χ2v) is 10.7. The fourth-order valence-electron chi connectivity index (χ4n) is 3.99. The van der Waals surface area contributed by atoms with Crippen LogP contribution in [0.1, 0.15) is 123 Å². The Labute approximate surface area is 278 Å². The molecule has 0 aromatic heterocycles. The molecule has 0 amide bonds. The SMILES string of the molecule is CCC=CCC=CCC=CCC=CCC=CCC=CCCCC(=O)OCCCCC=CCC=CCC=CCC=CCC=CCC. The van der Waals surface area contributed by atoms with Crippen molar-refractivity contribution < 1.29 is 9.53 Å². The molecule has 0 radical (unpaired) electrons. The lowest BCUT2D eigenvalue weighted by Crippen LogP contribution is -2.05. The van der Waals surface area contributed by atoms with Gasteiger partial charge in [-0.1, -0.05) is 148 Å². The van der Waals surface area contributed by atoms with Crippen LogP contribution in [-0.2, 0) is 9.53 Å². The van der Waals surface area contributed by atoms with E-state index in [-0.39, 0.29) is 5.97 Å². The number of carbonyl (C=O) groups is 1. The van der Waals surface area contributed by atoms with Crippen molar-refractivity contribution >= 4 is 5.97 Å². The topological polar surface area (TPSA) is 26.3 Å². The smallest absolute Gasteiger partial charge is 0.305 e. The maximum absolute atomic E-state index is 11.9. The normalized spacial score (nSPS) is 13.4. The number of esters is 1. The molecule has 0 aliphatic carbocycles. The Balaban J connectivity index is 3.55. The molecule has 0 aromatic rings. The van der Waals surface area contributed by atoms with Crippen LogP contribution >= 0.6 is 0 Å². The van der Waals surface area contributed by atoms with E-state index < -0.39 is 0 Å². The summed E-state index contributed by atoms with van der Waals surface area (Å²) in [6.45, 7) is 4.85. The maximum Gasteiger partial charge on any atom is 0.305 e. The van der Waals surface area contributed by atoms with Gasteiger partial charge in [-0.25, -0.2) is 0 Å². The minimum Gasteiger partial charge on any atom is -0.466 e. The molecule has 0 aliphatic heterocycles. The first-order chi connectivity index (χ1) is 22.3. The number of rotatable bonds is 29. The van der Waals surface area contributed by atoms with E-state index in [0.29, 0.717) is 13.0 Å². The molecule has 0 heterocycles. The highest BCUT2D eigenvalue weighted by Crippen LogP contribution is 2.04. The molecule has 45 heavy (non-hydrogen) atoms. The van der Waals surface area contributed by atoms with Crippen molar-refractivity contribution in [1.29, 1.82) is 0 Å². The van der Waals surface area contributed by atoms with Crippen molar-refractivity contribution in [1.82, 2.24) is 0 Å². The van der Waals surface area contributed by atoms with Gasteiger partial charge in [0.15, 0.2) is 0 Å². The summed E-state index contributed by atoms with van der Waals surface area (Å²) in [6, 6.07) is 0. The van der Waals surface area contributed by atoms with Crippen molar-refractivity contribution in [3.05, 3.63) is 134 Å². The summed E-state index contributed by atoms with van der Waals surface area (Å²) in [6.07, 6.45) is 65.1. The van der Waals surface area contributed by atoms with Crippen molar-refractivity contribution in [3.8, 4) is 0 Å². The van der Waals surface area contributed by atoms with Gasteiger partial charge >= 0.3 is 5.97 Å². The van der Waals surface area contributed by atoms with Crippen LogP contribution < -0.4 is 0 Å². The van der Waals surface area contributed by atoms with Crippen LogP contribution in [0.2, 0.25) is 0 Å². The minimum absolute atomic E-state index is 0.0730. The van der Waals surface area contributed by atoms with E-state index in [2.05, 4.69) is 148 Å². The predicted molar refractivity (Wildman–Crippen MR) is 201 cm³/mol. The van der Waals surface area contributed by atoms with E-state index in [9.17, 15) is 4.79 Å². The molecular weight excluding hydrogens is 548 g/mol. The van der Waals surface area contributed by atoms with E-state index in [1.54, 1.807) is 0 Å². The van der Waals surface area contributed by atoms with Crippen molar-refractivity contribution in [2.24, 2.45) is 0 Å². The molecule has 0 bridgehead atoms. The zero-order valence-corrected chi connectivity index (χ0v) is 28.7. The predicted octanol–water partition coefficient (Wildman–Crippen LogP) is 13.3. The quantitative estimate of drug-likeness (QED) is 0.0477. The summed E-state index contributed by atoms with van der Waals surface area (Å²) >= 11 is 0. The summed E-state index contributed by atoms with van der Waals surface area (Å²) in [4.78, 5) is 11.9. The second kappa shape index (κ2) is 38.6. The average Bonchev–Trinajstić information content (AvgIpc) is 3.05. The van der Waals surface area contributed by atoms with Crippen LogP contribution in [0, 0.1) is 0 Å². The number of hydrogen-bond acceptors (Lipinski definition) is 2. The summed E-state index contributed by atoms with van der Waals surface area (Å²) in [7, 11) is 0. The zero-order chi connectivity index (χ0) is 32.6. The highest BCUT2D eigenvalue weighted by Gasteiger charge is 2.00. The van der Waals surface area contributed by atoms with E-state index in [0.717, 1.165) is 103 Å². The van der Waals surface area contributed by atoms with Crippen LogP contribution in [0.3, 0.4) is 0 Å². The van der Waals surface area contributed by atoms with E-state index in [1.165, 1.54) is 0 Å². The summed E-state index contributed by atoms with van der Waals surface area (Å²) in [5, 5.41) is 0. The van der Waals surface area contributed by atoms with Crippen LogP contribution in [0.15, 0.2) is 134 Å². The molecule has 2 nitrogen and oxygen atoms in total. The third kappa shape index (κ3) is 38.6. The fraction of sp³-hybridized carbons (Fsp3) is 0.465. The minimum atomic E-state index is -0.0730. The number of unbranched alkanes of at least 4 members (excludes halogenated alkanes) is 3. The standard InChI is InChI=1S/C43H64O2/c1-3-5-7-9-11-13-15-17-19-21-23-24-25-27-29-31-33-35-37-39-41-43(44)45-42-40-38-36-34-32-30-28-26-22-20-18-16-14-12-10-8-6-4-2/h5-8,11-14,17-20,23-24,26-29,32-35H,3-4,9-10,15-16,21-22,25,30-31,36-42H2,1-2H3. The van der Waals surface area contributed by atoms with Gasteiger partial charge in [-0.3, -0.25) is 4.79 Å². The molecule has 0 fully saturated rings. The molecule has 0 atom stereocenters. The summed E-state index contributed by atoms with van der Waals surface area (Å²) in [5.74, 6) is -0.0730. The van der Waals surface area contributed by atoms with Crippen LogP contribution in [-0.4, -0.2) is 12.6 Å². The Bertz CT molecular complexity index is 975. The Morgan fingerprint density at radius 1 is 0.378 bits per heavy atom.